The van der Waals surface area contributed by atoms with Gasteiger partial charge in [-0.25, -0.2) is 45.0 Å². The van der Waals surface area contributed by atoms with Gasteiger partial charge in [-0.15, -0.1) is 0 Å². The van der Waals surface area contributed by atoms with Crippen molar-refractivity contribution in [1.82, 2.24) is 0 Å². The molecule has 4 aromatic carbocycles. The molecule has 48 heavy (non-hydrogen) atoms. The lowest BCUT2D eigenvalue weighted by molar-refractivity contribution is 0.586. The van der Waals surface area contributed by atoms with Gasteiger partial charge in [0.15, 0.2) is 0 Å². The summed E-state index contributed by atoms with van der Waals surface area (Å²) >= 11 is 0. The highest BCUT2D eigenvalue weighted by Crippen LogP contribution is 2.28. The van der Waals surface area contributed by atoms with Gasteiger partial charge in [0.05, 0.1) is 33.9 Å². The minimum Gasteiger partial charge on any atom is -0.296 e. The van der Waals surface area contributed by atoms with E-state index in [2.05, 4.69) is 14.5 Å². The van der Waals surface area contributed by atoms with Gasteiger partial charge in [-0.05, 0) is 73.9 Å². The number of aryl methyl sites for hydroxylation is 3. The van der Waals surface area contributed by atoms with Crippen molar-refractivity contribution in [3.63, 3.8) is 0 Å². The molecule has 0 aromatic heterocycles. The molecule has 3 unspecified atom stereocenters. The van der Waals surface area contributed by atoms with E-state index < -0.39 is 45.6 Å². The van der Waals surface area contributed by atoms with Crippen molar-refractivity contribution in [3.8, 4) is 0 Å². The Bertz CT molecular complexity index is 1990. The lowest BCUT2D eigenvalue weighted by atomic mass is 9.99. The van der Waals surface area contributed by atoms with Crippen LogP contribution in [0.1, 0.15) is 33.4 Å². The normalized spacial score (nSPS) is 13.8. The van der Waals surface area contributed by atoms with Crippen LogP contribution in [0.5, 0.6) is 0 Å². The number of nitrogens with zero attached hydrogens (tertiary/aromatic N) is 3. The molecule has 0 bridgehead atoms. The Labute approximate surface area is 283 Å². The molecule has 246 valence electrons. The van der Waals surface area contributed by atoms with Gasteiger partial charge in [-0.1, -0.05) is 71.3 Å². The summed E-state index contributed by atoms with van der Waals surface area (Å²) in [6, 6.07) is 23.0. The Hall–Kier alpha value is -4.80. The van der Waals surface area contributed by atoms with Crippen molar-refractivity contribution < 1.29 is 25.3 Å². The third kappa shape index (κ3) is 8.00. The smallest absolute Gasteiger partial charge is 0.296 e. The van der Waals surface area contributed by atoms with Gasteiger partial charge in [0.2, 0.25) is 0 Å². The summed E-state index contributed by atoms with van der Waals surface area (Å²) in [7, 11) is -12.3. The largest absolute Gasteiger partial charge is 0.329 e. The molecule has 0 heterocycles. The fourth-order valence-electron chi connectivity index (χ4n) is 5.13. The van der Waals surface area contributed by atoms with E-state index in [0.717, 1.165) is 16.7 Å². The average molecular weight is 700 g/mol. The van der Waals surface area contributed by atoms with Gasteiger partial charge in [0.25, 0.3) is 29.5 Å². The molecule has 0 radical (unpaired) electrons. The van der Waals surface area contributed by atoms with Crippen LogP contribution in [0.2, 0.25) is 0 Å². The van der Waals surface area contributed by atoms with Crippen LogP contribution in [0.3, 0.4) is 0 Å². The van der Waals surface area contributed by atoms with E-state index in [0.29, 0.717) is 16.7 Å². The first-order valence-corrected chi connectivity index (χ1v) is 19.4. The van der Waals surface area contributed by atoms with Gasteiger partial charge >= 0.3 is 16.1 Å². The van der Waals surface area contributed by atoms with E-state index >= 15 is 0 Å². The Balaban J connectivity index is 1.77. The highest BCUT2D eigenvalue weighted by Gasteiger charge is 2.37. The number of hydrogen-bond acceptors (Lipinski definition) is 6. The molecule has 4 rings (SSSR count). The number of hydrogen-bond donors (Lipinski definition) is 0. The summed E-state index contributed by atoms with van der Waals surface area (Å²) in [6.07, 6.45) is -0.871. The summed E-state index contributed by atoms with van der Waals surface area (Å²) in [6.45, 7) is 28.6. The molecule has 12 heteroatoms. The summed E-state index contributed by atoms with van der Waals surface area (Å²) in [4.78, 5) is 10.2. The molecule has 0 spiro atoms. The zero-order chi connectivity index (χ0) is 35.3. The predicted molar refractivity (Wildman–Crippen MR) is 184 cm³/mol. The van der Waals surface area contributed by atoms with Crippen LogP contribution in [0.25, 0.3) is 14.5 Å². The zero-order valence-electron chi connectivity index (χ0n) is 26.5. The SMILES string of the molecule is [C-]#[N+]C(Cc1cc(CC([N+]#[C-])S(=O)(=O)c2ccc(C)cc2)cc(CC([N+]#[C-])S(=O)(=O)c2ccc(C)cc2)c1)S(=O)(=O)c1ccc(C)cc1. The molecule has 9 nitrogen and oxygen atoms in total. The highest BCUT2D eigenvalue weighted by molar-refractivity contribution is 7.92. The van der Waals surface area contributed by atoms with Crippen molar-refractivity contribution in [2.75, 3.05) is 0 Å². The third-order valence-corrected chi connectivity index (χ3v) is 13.7. The third-order valence-electron chi connectivity index (χ3n) is 7.90. The Morgan fingerprint density at radius 1 is 0.438 bits per heavy atom. The van der Waals surface area contributed by atoms with Crippen LogP contribution in [0.4, 0.5) is 0 Å². The molecule has 0 amide bonds. The van der Waals surface area contributed by atoms with Crippen molar-refractivity contribution >= 4 is 29.5 Å². The maximum Gasteiger partial charge on any atom is 0.329 e. The van der Waals surface area contributed by atoms with Crippen molar-refractivity contribution in [2.24, 2.45) is 0 Å². The molecule has 0 saturated carbocycles. The lowest BCUT2D eigenvalue weighted by Gasteiger charge is -2.14. The van der Waals surface area contributed by atoms with Crippen molar-refractivity contribution in [3.05, 3.63) is 159 Å². The van der Waals surface area contributed by atoms with Crippen molar-refractivity contribution in [1.29, 1.82) is 0 Å². The molecule has 0 aliphatic heterocycles. The zero-order valence-corrected chi connectivity index (χ0v) is 29.0. The molecule has 4 aromatic rings. The van der Waals surface area contributed by atoms with E-state index in [1.54, 1.807) is 57.2 Å². The van der Waals surface area contributed by atoms with E-state index in [9.17, 15) is 25.3 Å². The number of benzene rings is 4. The molecular weight excluding hydrogens is 667 g/mol. The van der Waals surface area contributed by atoms with Gasteiger partial charge in [0, 0.05) is 0 Å². The Kier molecular flexibility index (Phi) is 10.9. The highest BCUT2D eigenvalue weighted by atomic mass is 32.2. The maximum absolute atomic E-state index is 13.5. The Morgan fingerprint density at radius 2 is 0.646 bits per heavy atom. The fourth-order valence-corrected chi connectivity index (χ4v) is 9.27. The topological polar surface area (TPSA) is 115 Å². The molecule has 0 N–H and O–H groups in total. The second-order valence-corrected chi connectivity index (χ2v) is 17.9. The van der Waals surface area contributed by atoms with E-state index in [1.165, 1.54) is 54.6 Å². The van der Waals surface area contributed by atoms with Crippen molar-refractivity contribution in [2.45, 2.75) is 70.8 Å². The quantitative estimate of drug-likeness (QED) is 0.158. The first kappa shape index (κ1) is 36.0. The van der Waals surface area contributed by atoms with E-state index in [4.69, 9.17) is 19.7 Å². The van der Waals surface area contributed by atoms with Crippen LogP contribution in [0.15, 0.2) is 106 Å². The minimum absolute atomic E-state index is 0.0278. The average Bonchev–Trinajstić information content (AvgIpc) is 3.05. The number of sulfone groups is 3. The van der Waals surface area contributed by atoms with Crippen LogP contribution >= 0.6 is 0 Å². The van der Waals surface area contributed by atoms with Gasteiger partial charge in [0.1, 0.15) is 0 Å². The molecule has 0 fully saturated rings. The Morgan fingerprint density at radius 3 is 0.833 bits per heavy atom. The predicted octanol–water partition coefficient (Wildman–Crippen LogP) is 6.40. The fraction of sp³-hybridized carbons (Fsp3) is 0.250. The summed E-state index contributed by atoms with van der Waals surface area (Å²) in [5.74, 6) is 0. The van der Waals surface area contributed by atoms with Crippen LogP contribution in [-0.2, 0) is 48.8 Å². The van der Waals surface area contributed by atoms with Gasteiger partial charge in [-0.2, -0.15) is 0 Å². The molecule has 3 atom stereocenters. The monoisotopic (exact) mass is 699 g/mol. The summed E-state index contributed by atoms with van der Waals surface area (Å²) in [5.41, 5.74) is 3.51. The summed E-state index contributed by atoms with van der Waals surface area (Å²) < 4.78 is 80.8. The number of rotatable bonds is 12. The van der Waals surface area contributed by atoms with E-state index in [-0.39, 0.29) is 33.9 Å². The molecule has 0 aliphatic rings. The molecule has 0 aliphatic carbocycles. The second-order valence-electron chi connectivity index (χ2n) is 11.6. The first-order chi connectivity index (χ1) is 22.6. The van der Waals surface area contributed by atoms with Crippen LogP contribution in [0, 0.1) is 40.5 Å². The van der Waals surface area contributed by atoms with Crippen LogP contribution < -0.4 is 0 Å². The van der Waals surface area contributed by atoms with E-state index in [1.807, 2.05) is 0 Å². The van der Waals surface area contributed by atoms with Crippen LogP contribution in [-0.4, -0.2) is 41.4 Å². The summed E-state index contributed by atoms with van der Waals surface area (Å²) in [5, 5.41) is -4.61. The maximum atomic E-state index is 13.5. The first-order valence-electron chi connectivity index (χ1n) is 14.7. The molecular formula is C36H33N3O6S3. The van der Waals surface area contributed by atoms with Gasteiger partial charge < -0.3 is 0 Å². The van der Waals surface area contributed by atoms with Gasteiger partial charge in [-0.3, -0.25) is 14.5 Å². The lowest BCUT2D eigenvalue weighted by Crippen LogP contribution is -2.23. The molecule has 0 saturated heterocycles. The second kappa shape index (κ2) is 14.5. The standard InChI is InChI=1S/C36H33N3O6S3/c1-25-7-13-31(14-8-25)46(40,41)34(37-4)22-28-19-29(23-35(38-5)47(42,43)32-15-9-26(2)10-16-32)21-30(20-28)24-36(39-6)48(44,45)33-17-11-27(3)12-18-33/h7-21,34-36H,22-24H2,1-3H3. The minimum atomic E-state index is -4.12.